The Kier molecular flexibility index (Phi) is 6.93. The predicted molar refractivity (Wildman–Crippen MR) is 56.6 cm³/mol. The van der Waals surface area contributed by atoms with Gasteiger partial charge in [-0.1, -0.05) is 26.2 Å². The van der Waals surface area contributed by atoms with Crippen LogP contribution in [0.15, 0.2) is 0 Å². The third-order valence-electron chi connectivity index (χ3n) is 2.49. The molecule has 5 heteroatoms. The van der Waals surface area contributed by atoms with E-state index in [1.807, 2.05) is 6.92 Å². The van der Waals surface area contributed by atoms with Gasteiger partial charge in [0.05, 0.1) is 6.07 Å². The lowest BCUT2D eigenvalue weighted by atomic mass is 9.86. The Hall–Kier alpha value is -1.57. The normalized spacial score (nSPS) is 13.8. The smallest absolute Gasteiger partial charge is 0.321 e. The Labute approximate surface area is 94.7 Å². The van der Waals surface area contributed by atoms with E-state index in [9.17, 15) is 9.59 Å². The summed E-state index contributed by atoms with van der Waals surface area (Å²) in [5, 5.41) is 26.2. The summed E-state index contributed by atoms with van der Waals surface area (Å²) in [5.41, 5.74) is 0. The lowest BCUT2D eigenvalue weighted by Gasteiger charge is -2.16. The summed E-state index contributed by atoms with van der Waals surface area (Å²) in [6, 6.07) is 1.67. The molecule has 5 nitrogen and oxygen atoms in total. The lowest BCUT2D eigenvalue weighted by Crippen LogP contribution is -2.24. The van der Waals surface area contributed by atoms with Gasteiger partial charge in [0.25, 0.3) is 0 Å². The molecule has 0 aliphatic heterocycles. The fourth-order valence-electron chi connectivity index (χ4n) is 1.63. The van der Waals surface area contributed by atoms with Gasteiger partial charge in [0.15, 0.2) is 0 Å². The molecule has 0 fully saturated rings. The van der Waals surface area contributed by atoms with Crippen molar-refractivity contribution < 1.29 is 19.8 Å². The largest absolute Gasteiger partial charge is 0.481 e. The van der Waals surface area contributed by atoms with E-state index in [1.165, 1.54) is 0 Å². The van der Waals surface area contributed by atoms with Crippen LogP contribution in [0.5, 0.6) is 0 Å². The van der Waals surface area contributed by atoms with Crippen LogP contribution in [-0.2, 0) is 9.59 Å². The van der Waals surface area contributed by atoms with Crippen LogP contribution in [0.25, 0.3) is 0 Å². The molecule has 0 aromatic heterocycles. The zero-order chi connectivity index (χ0) is 12.6. The highest BCUT2D eigenvalue weighted by molar-refractivity contribution is 5.75. The van der Waals surface area contributed by atoms with Gasteiger partial charge in [0, 0.05) is 6.42 Å². The first kappa shape index (κ1) is 14.4. The average molecular weight is 227 g/mol. The summed E-state index contributed by atoms with van der Waals surface area (Å²) in [4.78, 5) is 21.4. The molecule has 2 unspecified atom stereocenters. The molecule has 0 spiro atoms. The Balaban J connectivity index is 4.45. The molecule has 0 aliphatic rings. The van der Waals surface area contributed by atoms with Crippen LogP contribution < -0.4 is 0 Å². The van der Waals surface area contributed by atoms with Crippen LogP contribution in [0, 0.1) is 23.2 Å². The van der Waals surface area contributed by atoms with E-state index in [-0.39, 0.29) is 6.42 Å². The lowest BCUT2D eigenvalue weighted by molar-refractivity contribution is -0.143. The zero-order valence-electron chi connectivity index (χ0n) is 9.35. The Bertz CT molecular complexity index is 282. The summed E-state index contributed by atoms with van der Waals surface area (Å²) in [6.45, 7) is 2.01. The molecule has 2 atom stereocenters. The molecule has 0 saturated heterocycles. The van der Waals surface area contributed by atoms with Crippen molar-refractivity contribution in [2.75, 3.05) is 0 Å². The van der Waals surface area contributed by atoms with Gasteiger partial charge in [-0.2, -0.15) is 5.26 Å². The van der Waals surface area contributed by atoms with Gasteiger partial charge in [-0.05, 0) is 12.3 Å². The summed E-state index contributed by atoms with van der Waals surface area (Å²) < 4.78 is 0. The number of carbonyl (C=O) groups is 2. The molecule has 2 N–H and O–H groups in total. The van der Waals surface area contributed by atoms with Crippen molar-refractivity contribution in [1.29, 1.82) is 5.26 Å². The fourth-order valence-corrected chi connectivity index (χ4v) is 1.63. The van der Waals surface area contributed by atoms with Crippen LogP contribution >= 0.6 is 0 Å². The van der Waals surface area contributed by atoms with Gasteiger partial charge in [0.2, 0.25) is 0 Å². The molecule has 0 bridgehead atoms. The Morgan fingerprint density at radius 2 is 1.94 bits per heavy atom. The monoisotopic (exact) mass is 227 g/mol. The van der Waals surface area contributed by atoms with E-state index in [4.69, 9.17) is 15.5 Å². The molecular weight excluding hydrogens is 210 g/mol. The minimum atomic E-state index is -1.23. The topological polar surface area (TPSA) is 98.4 Å². The highest BCUT2D eigenvalue weighted by Gasteiger charge is 2.29. The van der Waals surface area contributed by atoms with Crippen molar-refractivity contribution in [3.8, 4) is 6.07 Å². The number of nitriles is 1. The van der Waals surface area contributed by atoms with Crippen LogP contribution in [0.1, 0.15) is 39.0 Å². The first-order chi connectivity index (χ1) is 7.52. The van der Waals surface area contributed by atoms with Crippen molar-refractivity contribution in [2.24, 2.45) is 11.8 Å². The van der Waals surface area contributed by atoms with Crippen molar-refractivity contribution in [3.63, 3.8) is 0 Å². The number of hydrogen-bond acceptors (Lipinski definition) is 3. The average Bonchev–Trinajstić information content (AvgIpc) is 2.17. The minimum Gasteiger partial charge on any atom is -0.481 e. The maximum atomic E-state index is 10.8. The van der Waals surface area contributed by atoms with Crippen LogP contribution in [-0.4, -0.2) is 22.2 Å². The number of nitrogens with zero attached hydrogens (tertiary/aromatic N) is 1. The molecule has 0 aromatic rings. The fraction of sp³-hybridized carbons (Fsp3) is 0.727. The second-order valence-electron chi connectivity index (χ2n) is 3.80. The van der Waals surface area contributed by atoms with Gasteiger partial charge < -0.3 is 10.2 Å². The minimum absolute atomic E-state index is 0.256. The van der Waals surface area contributed by atoms with E-state index in [0.29, 0.717) is 6.42 Å². The summed E-state index contributed by atoms with van der Waals surface area (Å²) in [5.74, 6) is -4.09. The molecule has 90 valence electrons. The first-order valence-corrected chi connectivity index (χ1v) is 5.37. The molecule has 0 rings (SSSR count). The molecule has 0 aliphatic carbocycles. The molecule has 0 aromatic carbocycles. The van der Waals surface area contributed by atoms with Crippen molar-refractivity contribution in [2.45, 2.75) is 39.0 Å². The summed E-state index contributed by atoms with van der Waals surface area (Å²) >= 11 is 0. The van der Waals surface area contributed by atoms with Gasteiger partial charge in [-0.25, -0.2) is 0 Å². The molecule has 0 saturated carbocycles. The van der Waals surface area contributed by atoms with Crippen LogP contribution in [0.3, 0.4) is 0 Å². The van der Waals surface area contributed by atoms with E-state index in [1.54, 1.807) is 6.07 Å². The predicted octanol–water partition coefficient (Wildman–Crippen LogP) is 1.88. The number of carboxylic acid groups (broad SMARTS) is 2. The molecule has 0 radical (unpaired) electrons. The molecule has 16 heavy (non-hydrogen) atoms. The maximum Gasteiger partial charge on any atom is 0.321 e. The van der Waals surface area contributed by atoms with Crippen molar-refractivity contribution in [3.05, 3.63) is 0 Å². The van der Waals surface area contributed by atoms with Crippen molar-refractivity contribution >= 4 is 11.9 Å². The van der Waals surface area contributed by atoms with Gasteiger partial charge in [0.1, 0.15) is 5.92 Å². The summed E-state index contributed by atoms with van der Waals surface area (Å²) in [7, 11) is 0. The van der Waals surface area contributed by atoms with E-state index >= 15 is 0 Å². The SMILES string of the molecule is CCCCCC(CC(=O)O)C(C#N)C(=O)O. The van der Waals surface area contributed by atoms with E-state index in [2.05, 4.69) is 0 Å². The number of unbranched alkanes of at least 4 members (excludes halogenated alkanes) is 2. The van der Waals surface area contributed by atoms with E-state index in [0.717, 1.165) is 19.3 Å². The third kappa shape index (κ3) is 5.35. The molecule has 0 heterocycles. The third-order valence-corrected chi connectivity index (χ3v) is 2.49. The Morgan fingerprint density at radius 3 is 2.31 bits per heavy atom. The Morgan fingerprint density at radius 1 is 1.31 bits per heavy atom. The van der Waals surface area contributed by atoms with E-state index < -0.39 is 23.8 Å². The standard InChI is InChI=1S/C11H17NO4/c1-2-3-4-5-8(6-10(13)14)9(7-12)11(15)16/h8-9H,2-6H2,1H3,(H,13,14)(H,15,16). The van der Waals surface area contributed by atoms with Gasteiger partial charge >= 0.3 is 11.9 Å². The second kappa shape index (κ2) is 7.69. The second-order valence-corrected chi connectivity index (χ2v) is 3.80. The number of aliphatic carboxylic acids is 2. The molecular formula is C11H17NO4. The highest BCUT2D eigenvalue weighted by Crippen LogP contribution is 2.23. The van der Waals surface area contributed by atoms with Crippen LogP contribution in [0.4, 0.5) is 0 Å². The zero-order valence-corrected chi connectivity index (χ0v) is 9.35. The highest BCUT2D eigenvalue weighted by atomic mass is 16.4. The first-order valence-electron chi connectivity index (χ1n) is 5.37. The van der Waals surface area contributed by atoms with Crippen molar-refractivity contribution in [1.82, 2.24) is 0 Å². The maximum absolute atomic E-state index is 10.8. The quantitative estimate of drug-likeness (QED) is 0.617. The number of rotatable bonds is 8. The van der Waals surface area contributed by atoms with Gasteiger partial charge in [-0.3, -0.25) is 9.59 Å². The summed E-state index contributed by atoms with van der Waals surface area (Å²) in [6.07, 6.45) is 2.89. The van der Waals surface area contributed by atoms with Gasteiger partial charge in [-0.15, -0.1) is 0 Å². The number of hydrogen-bond donors (Lipinski definition) is 2. The number of carboxylic acids is 2. The van der Waals surface area contributed by atoms with Crippen LogP contribution in [0.2, 0.25) is 0 Å². The molecule has 0 amide bonds.